The predicted molar refractivity (Wildman–Crippen MR) is 95.1 cm³/mol. The number of methoxy groups -OCH3 is 1. The summed E-state index contributed by atoms with van der Waals surface area (Å²) in [7, 11) is 1.44. The Morgan fingerprint density at radius 1 is 1.16 bits per heavy atom. The highest BCUT2D eigenvalue weighted by atomic mass is 16.8. The van der Waals surface area contributed by atoms with Gasteiger partial charge in [-0.25, -0.2) is 4.79 Å². The van der Waals surface area contributed by atoms with E-state index in [1.54, 1.807) is 27.7 Å². The van der Waals surface area contributed by atoms with Crippen LogP contribution in [0.15, 0.2) is 12.2 Å². The number of alkyl carbamates (subject to hydrolysis) is 1. The molecule has 0 bridgehead atoms. The van der Waals surface area contributed by atoms with E-state index in [0.29, 0.717) is 13.0 Å². The van der Waals surface area contributed by atoms with Gasteiger partial charge in [-0.2, -0.15) is 0 Å². The number of carbonyl (C=O) groups excluding carboxylic acids is 2. The first-order chi connectivity index (χ1) is 11.5. The van der Waals surface area contributed by atoms with E-state index in [4.69, 9.17) is 18.9 Å². The molecule has 0 aromatic rings. The molecule has 0 aliphatic carbocycles. The zero-order valence-electron chi connectivity index (χ0n) is 16.5. The molecule has 0 saturated heterocycles. The zero-order chi connectivity index (χ0) is 19.6. The molecule has 0 fully saturated rings. The Hall–Kier alpha value is -1.44. The van der Waals surface area contributed by atoms with Crippen LogP contribution in [0.1, 0.15) is 48.0 Å². The minimum atomic E-state index is -0.864. The van der Waals surface area contributed by atoms with Gasteiger partial charge in [0.05, 0.1) is 12.6 Å². The van der Waals surface area contributed by atoms with E-state index in [1.807, 2.05) is 13.8 Å². The molecule has 0 aliphatic rings. The monoisotopic (exact) mass is 359 g/mol. The second kappa shape index (κ2) is 11.2. The molecular weight excluding hydrogens is 326 g/mol. The van der Waals surface area contributed by atoms with Crippen molar-refractivity contribution in [2.24, 2.45) is 5.92 Å². The Balaban J connectivity index is 4.81. The van der Waals surface area contributed by atoms with Gasteiger partial charge in [-0.15, -0.1) is 0 Å². The summed E-state index contributed by atoms with van der Waals surface area (Å²) in [6.45, 7) is 14.3. The smallest absolute Gasteiger partial charge is 0.408 e. The molecule has 0 radical (unpaired) electrons. The van der Waals surface area contributed by atoms with Crippen LogP contribution >= 0.6 is 0 Å². The van der Waals surface area contributed by atoms with Gasteiger partial charge in [0.1, 0.15) is 5.60 Å². The highest BCUT2D eigenvalue weighted by molar-refractivity contribution is 6.00. The number of hydrogen-bond acceptors (Lipinski definition) is 6. The van der Waals surface area contributed by atoms with Crippen molar-refractivity contribution in [3.8, 4) is 0 Å². The summed E-state index contributed by atoms with van der Waals surface area (Å²) in [6, 6.07) is -0.723. The number of carbonyl (C=O) groups is 2. The highest BCUT2D eigenvalue weighted by Gasteiger charge is 2.27. The number of Topliss-reactive ketones (excluding diaryl/α,β-unsaturated/α-hetero) is 1. The number of rotatable bonds is 11. The summed E-state index contributed by atoms with van der Waals surface area (Å²) < 4.78 is 20.7. The maximum absolute atomic E-state index is 12.6. The van der Waals surface area contributed by atoms with Crippen molar-refractivity contribution < 1.29 is 28.5 Å². The van der Waals surface area contributed by atoms with E-state index in [2.05, 4.69) is 11.9 Å². The standard InChI is InChI=1S/C18H33NO6/c1-9-23-17(22-8)24-11-13(4)15(20)14(10-12(2)3)19-16(21)25-18(5,6)7/h12,14,17H,4,9-11H2,1-3,5-8H3,(H,19,21)/t14-,17?/m0/s1. The molecule has 0 aromatic carbocycles. The van der Waals surface area contributed by atoms with Gasteiger partial charge in [0.15, 0.2) is 5.78 Å². The molecule has 0 aromatic heterocycles. The van der Waals surface area contributed by atoms with Crippen LogP contribution in [0.25, 0.3) is 0 Å². The summed E-state index contributed by atoms with van der Waals surface area (Å²) in [5, 5.41) is 2.62. The van der Waals surface area contributed by atoms with Crippen molar-refractivity contribution in [3.63, 3.8) is 0 Å². The Labute approximate surface area is 151 Å². The average molecular weight is 359 g/mol. The van der Waals surface area contributed by atoms with Crippen molar-refractivity contribution in [1.82, 2.24) is 5.32 Å². The lowest BCUT2D eigenvalue weighted by Crippen LogP contribution is -2.45. The quantitative estimate of drug-likeness (QED) is 0.451. The van der Waals surface area contributed by atoms with E-state index < -0.39 is 24.2 Å². The van der Waals surface area contributed by atoms with Gasteiger partial charge >= 0.3 is 6.09 Å². The first-order valence-electron chi connectivity index (χ1n) is 8.47. The summed E-state index contributed by atoms with van der Waals surface area (Å²) in [4.78, 5) is 24.6. The van der Waals surface area contributed by atoms with Gasteiger partial charge in [0.2, 0.25) is 0 Å². The summed E-state index contributed by atoms with van der Waals surface area (Å²) >= 11 is 0. The van der Waals surface area contributed by atoms with Gasteiger partial charge < -0.3 is 24.3 Å². The van der Waals surface area contributed by atoms with Crippen LogP contribution < -0.4 is 5.32 Å². The fourth-order valence-electron chi connectivity index (χ4n) is 1.96. The molecule has 146 valence electrons. The van der Waals surface area contributed by atoms with Crippen LogP contribution in [0.3, 0.4) is 0 Å². The third-order valence-corrected chi connectivity index (χ3v) is 2.95. The van der Waals surface area contributed by atoms with E-state index in [1.165, 1.54) is 7.11 Å². The van der Waals surface area contributed by atoms with Crippen molar-refractivity contribution in [2.75, 3.05) is 20.3 Å². The van der Waals surface area contributed by atoms with Crippen molar-refractivity contribution in [1.29, 1.82) is 0 Å². The molecule has 2 atom stereocenters. The summed E-state index contributed by atoms with van der Waals surface area (Å²) in [5.74, 6) is -0.0985. The second-order valence-electron chi connectivity index (χ2n) is 7.09. The molecule has 0 aliphatic heterocycles. The topological polar surface area (TPSA) is 83.1 Å². The number of hydrogen-bond donors (Lipinski definition) is 1. The number of amides is 1. The van der Waals surface area contributed by atoms with Crippen LogP contribution in [0.2, 0.25) is 0 Å². The number of ether oxygens (including phenoxy) is 4. The van der Waals surface area contributed by atoms with Crippen LogP contribution in [0.4, 0.5) is 4.79 Å². The Bertz CT molecular complexity index is 441. The Morgan fingerprint density at radius 2 is 1.76 bits per heavy atom. The van der Waals surface area contributed by atoms with Crippen LogP contribution in [-0.2, 0) is 23.7 Å². The van der Waals surface area contributed by atoms with E-state index in [0.717, 1.165) is 0 Å². The molecular formula is C18H33NO6. The molecule has 0 spiro atoms. The SMILES string of the molecule is C=C(COC(OC)OCC)C(=O)[C@H](CC(C)C)NC(=O)OC(C)(C)C. The minimum absolute atomic E-state index is 0.0536. The van der Waals surface area contributed by atoms with Gasteiger partial charge in [0, 0.05) is 19.3 Å². The molecule has 0 heterocycles. The van der Waals surface area contributed by atoms with Gasteiger partial charge in [0.25, 0.3) is 6.48 Å². The number of ketones is 1. The third kappa shape index (κ3) is 10.9. The largest absolute Gasteiger partial charge is 0.444 e. The first-order valence-corrected chi connectivity index (χ1v) is 8.47. The maximum atomic E-state index is 12.6. The van der Waals surface area contributed by atoms with Crippen molar-refractivity contribution in [2.45, 2.75) is 66.1 Å². The fraction of sp³-hybridized carbons (Fsp3) is 0.778. The lowest BCUT2D eigenvalue weighted by Gasteiger charge is -2.24. The predicted octanol–water partition coefficient (Wildman–Crippen LogP) is 3.03. The molecule has 1 N–H and O–H groups in total. The minimum Gasteiger partial charge on any atom is -0.444 e. The third-order valence-electron chi connectivity index (χ3n) is 2.95. The Morgan fingerprint density at radius 3 is 2.20 bits per heavy atom. The summed E-state index contributed by atoms with van der Waals surface area (Å²) in [5.41, 5.74) is -0.415. The van der Waals surface area contributed by atoms with Crippen LogP contribution in [0, 0.1) is 5.92 Å². The number of nitrogens with one attached hydrogen (secondary N) is 1. The van der Waals surface area contributed by atoms with Gasteiger partial charge in [-0.1, -0.05) is 20.4 Å². The van der Waals surface area contributed by atoms with E-state index in [-0.39, 0.29) is 23.9 Å². The molecule has 7 nitrogen and oxygen atoms in total. The molecule has 0 saturated carbocycles. The van der Waals surface area contributed by atoms with E-state index in [9.17, 15) is 9.59 Å². The van der Waals surface area contributed by atoms with Gasteiger partial charge in [-0.05, 0) is 40.0 Å². The average Bonchev–Trinajstić information content (AvgIpc) is 2.47. The lowest BCUT2D eigenvalue weighted by molar-refractivity contribution is -0.271. The Kier molecular flexibility index (Phi) is 10.6. The lowest BCUT2D eigenvalue weighted by atomic mass is 9.97. The van der Waals surface area contributed by atoms with Crippen molar-refractivity contribution >= 4 is 11.9 Å². The van der Waals surface area contributed by atoms with Gasteiger partial charge in [-0.3, -0.25) is 4.79 Å². The van der Waals surface area contributed by atoms with E-state index >= 15 is 0 Å². The summed E-state index contributed by atoms with van der Waals surface area (Å²) in [6.07, 6.45) is -0.166. The first kappa shape index (κ1) is 23.6. The molecule has 1 amide bonds. The zero-order valence-corrected chi connectivity index (χ0v) is 16.5. The molecule has 7 heteroatoms. The molecule has 25 heavy (non-hydrogen) atoms. The second-order valence-corrected chi connectivity index (χ2v) is 7.09. The van der Waals surface area contributed by atoms with Crippen LogP contribution in [-0.4, -0.2) is 50.3 Å². The fourth-order valence-corrected chi connectivity index (χ4v) is 1.96. The molecule has 0 rings (SSSR count). The molecule has 1 unspecified atom stereocenters. The highest BCUT2D eigenvalue weighted by Crippen LogP contribution is 2.13. The van der Waals surface area contributed by atoms with Crippen molar-refractivity contribution in [3.05, 3.63) is 12.2 Å². The normalized spacial score (nSPS) is 14.1. The maximum Gasteiger partial charge on any atom is 0.408 e. The van der Waals surface area contributed by atoms with Crippen LogP contribution in [0.5, 0.6) is 0 Å².